The molecule has 11 heavy (non-hydrogen) atoms. The molecule has 0 bridgehead atoms. The molecule has 0 saturated heterocycles. The Hall–Kier alpha value is -0.370. The molecule has 0 saturated carbocycles. The van der Waals surface area contributed by atoms with E-state index in [1.165, 1.54) is 0 Å². The lowest BCUT2D eigenvalue weighted by molar-refractivity contribution is -0.128. The van der Waals surface area contributed by atoms with Gasteiger partial charge in [-0.2, -0.15) is 0 Å². The summed E-state index contributed by atoms with van der Waals surface area (Å²) in [6, 6.07) is -0.310. The summed E-state index contributed by atoms with van der Waals surface area (Å²) in [5, 5.41) is 0. The molecule has 2 heteroatoms. The van der Waals surface area contributed by atoms with Crippen molar-refractivity contribution in [1.82, 2.24) is 0 Å². The minimum Gasteiger partial charge on any atom is -0.321 e. The van der Waals surface area contributed by atoms with Gasteiger partial charge in [0.25, 0.3) is 0 Å². The van der Waals surface area contributed by atoms with Crippen LogP contribution < -0.4 is 5.73 Å². The van der Waals surface area contributed by atoms with E-state index >= 15 is 0 Å². The van der Waals surface area contributed by atoms with Crippen LogP contribution in [0.15, 0.2) is 0 Å². The number of carbonyl (C=O) groups is 1. The Kier molecular flexibility index (Phi) is 3.24. The second-order valence-electron chi connectivity index (χ2n) is 4.38. The molecule has 0 aromatic heterocycles. The highest BCUT2D eigenvalue weighted by Gasteiger charge is 2.28. The molecule has 0 aliphatic carbocycles. The third-order valence-corrected chi connectivity index (χ3v) is 1.76. The highest BCUT2D eigenvalue weighted by atomic mass is 16.1. The molecule has 0 aliphatic heterocycles. The van der Waals surface area contributed by atoms with E-state index in [1.54, 1.807) is 0 Å². The monoisotopic (exact) mass is 157 g/mol. The van der Waals surface area contributed by atoms with Gasteiger partial charge in [-0.25, -0.2) is 0 Å². The van der Waals surface area contributed by atoms with Crippen LogP contribution in [0.4, 0.5) is 0 Å². The fraction of sp³-hybridized carbons (Fsp3) is 0.889. The molecular formula is C9H19NO. The Morgan fingerprint density at radius 2 is 1.64 bits per heavy atom. The minimum absolute atomic E-state index is 0.146. The van der Waals surface area contributed by atoms with Gasteiger partial charge in [-0.1, -0.05) is 34.6 Å². The molecule has 0 unspecified atom stereocenters. The summed E-state index contributed by atoms with van der Waals surface area (Å²) in [4.78, 5) is 11.5. The third kappa shape index (κ3) is 3.02. The standard InChI is InChI=1S/C9H19NO/c1-6(2)7(10)8(11)9(3,4)5/h6-7H,10H2,1-5H3/t7-/m0/s1. The van der Waals surface area contributed by atoms with Crippen LogP contribution in [0.5, 0.6) is 0 Å². The molecule has 1 atom stereocenters. The molecule has 0 heterocycles. The number of carbonyl (C=O) groups excluding carboxylic acids is 1. The molecule has 2 N–H and O–H groups in total. The average Bonchev–Trinajstić information content (AvgIpc) is 1.82. The van der Waals surface area contributed by atoms with Crippen LogP contribution in [0.25, 0.3) is 0 Å². The van der Waals surface area contributed by atoms with Crippen molar-refractivity contribution in [3.05, 3.63) is 0 Å². The first-order chi connectivity index (χ1) is 4.76. The van der Waals surface area contributed by atoms with Gasteiger partial charge in [0.2, 0.25) is 0 Å². The SMILES string of the molecule is CC(C)[C@H](N)C(=O)C(C)(C)C. The van der Waals surface area contributed by atoms with Crippen molar-refractivity contribution in [2.24, 2.45) is 17.1 Å². The molecular weight excluding hydrogens is 138 g/mol. The quantitative estimate of drug-likeness (QED) is 0.661. The van der Waals surface area contributed by atoms with E-state index in [9.17, 15) is 4.79 Å². The second-order valence-corrected chi connectivity index (χ2v) is 4.38. The molecule has 0 fully saturated rings. The summed E-state index contributed by atoms with van der Waals surface area (Å²) in [5.74, 6) is 0.384. The van der Waals surface area contributed by atoms with Crippen LogP contribution in [-0.4, -0.2) is 11.8 Å². The summed E-state index contributed by atoms with van der Waals surface area (Å²) in [7, 11) is 0. The van der Waals surface area contributed by atoms with Crippen molar-refractivity contribution in [3.63, 3.8) is 0 Å². The largest absolute Gasteiger partial charge is 0.321 e. The Morgan fingerprint density at radius 3 is 1.73 bits per heavy atom. The third-order valence-electron chi connectivity index (χ3n) is 1.76. The number of nitrogens with two attached hydrogens (primary N) is 1. The van der Waals surface area contributed by atoms with Crippen LogP contribution in [0.2, 0.25) is 0 Å². The van der Waals surface area contributed by atoms with Crippen LogP contribution in [0.3, 0.4) is 0 Å². The van der Waals surface area contributed by atoms with E-state index in [2.05, 4.69) is 0 Å². The van der Waals surface area contributed by atoms with Crippen molar-refractivity contribution in [2.45, 2.75) is 40.7 Å². The van der Waals surface area contributed by atoms with Crippen molar-refractivity contribution in [3.8, 4) is 0 Å². The van der Waals surface area contributed by atoms with Crippen LogP contribution in [-0.2, 0) is 4.79 Å². The molecule has 0 amide bonds. The van der Waals surface area contributed by atoms with E-state index in [-0.39, 0.29) is 23.2 Å². The van der Waals surface area contributed by atoms with Gasteiger partial charge in [-0.15, -0.1) is 0 Å². The summed E-state index contributed by atoms with van der Waals surface area (Å²) in [5.41, 5.74) is 5.39. The Bertz CT molecular complexity index is 144. The molecule has 0 rings (SSSR count). The van der Waals surface area contributed by atoms with Crippen LogP contribution in [0, 0.1) is 11.3 Å². The summed E-state index contributed by atoms with van der Waals surface area (Å²) < 4.78 is 0. The highest BCUT2D eigenvalue weighted by molar-refractivity contribution is 5.88. The lowest BCUT2D eigenvalue weighted by Crippen LogP contribution is -2.42. The van der Waals surface area contributed by atoms with Crippen LogP contribution >= 0.6 is 0 Å². The van der Waals surface area contributed by atoms with Gasteiger partial charge in [-0.05, 0) is 5.92 Å². The highest BCUT2D eigenvalue weighted by Crippen LogP contribution is 2.18. The van der Waals surface area contributed by atoms with Gasteiger partial charge >= 0.3 is 0 Å². The topological polar surface area (TPSA) is 43.1 Å². The lowest BCUT2D eigenvalue weighted by atomic mass is 9.83. The smallest absolute Gasteiger partial charge is 0.155 e. The zero-order valence-electron chi connectivity index (χ0n) is 8.14. The predicted octanol–water partition coefficient (Wildman–Crippen LogP) is 1.58. The minimum atomic E-state index is -0.310. The van der Waals surface area contributed by atoms with Gasteiger partial charge < -0.3 is 5.73 Å². The van der Waals surface area contributed by atoms with Gasteiger partial charge in [-0.3, -0.25) is 4.79 Å². The maximum atomic E-state index is 11.5. The first kappa shape index (κ1) is 10.6. The fourth-order valence-electron chi connectivity index (χ4n) is 0.803. The van der Waals surface area contributed by atoms with Crippen molar-refractivity contribution >= 4 is 5.78 Å². The van der Waals surface area contributed by atoms with E-state index in [0.29, 0.717) is 0 Å². The van der Waals surface area contributed by atoms with Gasteiger partial charge in [0, 0.05) is 5.41 Å². The van der Waals surface area contributed by atoms with E-state index < -0.39 is 0 Å². The van der Waals surface area contributed by atoms with E-state index in [0.717, 1.165) is 0 Å². The number of Topliss-reactive ketones (excluding diaryl/α,β-unsaturated/α-hetero) is 1. The summed E-state index contributed by atoms with van der Waals surface area (Å²) in [6.07, 6.45) is 0. The van der Waals surface area contributed by atoms with Crippen LogP contribution in [0.1, 0.15) is 34.6 Å². The molecule has 0 spiro atoms. The van der Waals surface area contributed by atoms with Crippen molar-refractivity contribution in [2.75, 3.05) is 0 Å². The van der Waals surface area contributed by atoms with Crippen molar-refractivity contribution in [1.29, 1.82) is 0 Å². The molecule has 66 valence electrons. The first-order valence-corrected chi connectivity index (χ1v) is 4.06. The van der Waals surface area contributed by atoms with Gasteiger partial charge in [0.05, 0.1) is 6.04 Å². The number of hydrogen-bond donors (Lipinski definition) is 1. The molecule has 0 radical (unpaired) electrons. The first-order valence-electron chi connectivity index (χ1n) is 4.06. The maximum absolute atomic E-state index is 11.5. The Labute approximate surface area is 69.2 Å². The predicted molar refractivity (Wildman–Crippen MR) is 47.3 cm³/mol. The second kappa shape index (κ2) is 3.35. The molecule has 0 aliphatic rings. The summed E-state index contributed by atoms with van der Waals surface area (Å²) in [6.45, 7) is 9.63. The van der Waals surface area contributed by atoms with E-state index in [4.69, 9.17) is 5.73 Å². The van der Waals surface area contributed by atoms with E-state index in [1.807, 2.05) is 34.6 Å². The molecule has 2 nitrogen and oxygen atoms in total. The van der Waals surface area contributed by atoms with Gasteiger partial charge in [0.15, 0.2) is 5.78 Å². The summed E-state index contributed by atoms with van der Waals surface area (Å²) >= 11 is 0. The molecule has 0 aromatic carbocycles. The zero-order chi connectivity index (χ0) is 9.23. The average molecular weight is 157 g/mol. The molecule has 0 aromatic rings. The number of hydrogen-bond acceptors (Lipinski definition) is 2. The number of ketones is 1. The Morgan fingerprint density at radius 1 is 1.27 bits per heavy atom. The maximum Gasteiger partial charge on any atom is 0.155 e. The van der Waals surface area contributed by atoms with Crippen molar-refractivity contribution < 1.29 is 4.79 Å². The Balaban J connectivity index is 4.26. The zero-order valence-corrected chi connectivity index (χ0v) is 8.14. The normalized spacial score (nSPS) is 15.2. The lowest BCUT2D eigenvalue weighted by Gasteiger charge is -2.23. The van der Waals surface area contributed by atoms with Gasteiger partial charge in [0.1, 0.15) is 0 Å². The fourth-order valence-corrected chi connectivity index (χ4v) is 0.803. The number of rotatable bonds is 2.